The van der Waals surface area contributed by atoms with Gasteiger partial charge in [0.25, 0.3) is 5.91 Å². The Kier molecular flexibility index (Phi) is 4.56. The third-order valence-electron chi connectivity index (χ3n) is 3.21. The fraction of sp³-hybridized carbons (Fsp3) is 0.125. The number of rotatable bonds is 4. The van der Waals surface area contributed by atoms with Crippen LogP contribution in [0.2, 0.25) is 0 Å². The maximum absolute atomic E-state index is 12.4. The van der Waals surface area contributed by atoms with Crippen molar-refractivity contribution in [2.45, 2.75) is 13.0 Å². The predicted octanol–water partition coefficient (Wildman–Crippen LogP) is 2.21. The van der Waals surface area contributed by atoms with Crippen molar-refractivity contribution in [3.63, 3.8) is 0 Å². The van der Waals surface area contributed by atoms with Crippen LogP contribution >= 0.6 is 0 Å². The topological polar surface area (TPSA) is 87.7 Å². The molecule has 0 aliphatic rings. The average Bonchev–Trinajstić information content (AvgIpc) is 2.53. The van der Waals surface area contributed by atoms with Crippen LogP contribution in [0.4, 0.5) is 0 Å². The monoisotopic (exact) mass is 283 g/mol. The van der Waals surface area contributed by atoms with Gasteiger partial charge in [-0.1, -0.05) is 53.7 Å². The van der Waals surface area contributed by atoms with Crippen LogP contribution in [0.3, 0.4) is 0 Å². The minimum atomic E-state index is -0.677. The summed E-state index contributed by atoms with van der Waals surface area (Å²) in [4.78, 5) is 12.4. The third-order valence-corrected chi connectivity index (χ3v) is 3.21. The van der Waals surface area contributed by atoms with Crippen molar-refractivity contribution in [2.75, 3.05) is 0 Å². The summed E-state index contributed by atoms with van der Waals surface area (Å²) >= 11 is 0. The zero-order valence-electron chi connectivity index (χ0n) is 11.7. The van der Waals surface area contributed by atoms with Crippen molar-refractivity contribution in [2.24, 2.45) is 10.9 Å². The molecule has 2 rings (SSSR count). The second-order valence-electron chi connectivity index (χ2n) is 4.66. The lowest BCUT2D eigenvalue weighted by Gasteiger charge is -2.18. The number of benzene rings is 2. The Hall–Kier alpha value is -2.82. The molecule has 1 unspecified atom stereocenters. The maximum Gasteiger partial charge on any atom is 0.252 e. The van der Waals surface area contributed by atoms with Gasteiger partial charge in [0, 0.05) is 5.56 Å². The molecule has 5 nitrogen and oxygen atoms in total. The van der Waals surface area contributed by atoms with Crippen molar-refractivity contribution in [1.82, 2.24) is 5.32 Å². The summed E-state index contributed by atoms with van der Waals surface area (Å²) in [5.74, 6) is -0.336. The van der Waals surface area contributed by atoms with E-state index in [4.69, 9.17) is 10.9 Å². The average molecular weight is 283 g/mol. The lowest BCUT2D eigenvalue weighted by atomic mass is 10.0. The highest BCUT2D eigenvalue weighted by Gasteiger charge is 2.20. The number of hydrogen-bond acceptors (Lipinski definition) is 3. The number of amidine groups is 1. The molecule has 21 heavy (non-hydrogen) atoms. The van der Waals surface area contributed by atoms with Gasteiger partial charge in [0.1, 0.15) is 6.04 Å². The Balaban J connectivity index is 2.28. The fourth-order valence-corrected chi connectivity index (χ4v) is 2.07. The maximum atomic E-state index is 12.4. The number of nitrogens with zero attached hydrogens (tertiary/aromatic N) is 1. The van der Waals surface area contributed by atoms with E-state index < -0.39 is 6.04 Å². The highest BCUT2D eigenvalue weighted by atomic mass is 16.4. The molecule has 1 atom stereocenters. The summed E-state index contributed by atoms with van der Waals surface area (Å²) in [5, 5.41) is 14.7. The normalized spacial score (nSPS) is 12.7. The summed E-state index contributed by atoms with van der Waals surface area (Å²) < 4.78 is 0. The van der Waals surface area contributed by atoms with Gasteiger partial charge in [-0.25, -0.2) is 0 Å². The SMILES string of the molecule is Cc1ccccc1C(=O)NC(/C(N)=N/O)c1ccccc1. The number of amides is 1. The zero-order chi connectivity index (χ0) is 15.2. The highest BCUT2D eigenvalue weighted by Crippen LogP contribution is 2.15. The van der Waals surface area contributed by atoms with Gasteiger partial charge in [-0.05, 0) is 24.1 Å². The number of carbonyl (C=O) groups is 1. The van der Waals surface area contributed by atoms with Gasteiger partial charge in [0.2, 0.25) is 0 Å². The van der Waals surface area contributed by atoms with Crippen LogP contribution < -0.4 is 11.1 Å². The Morgan fingerprint density at radius 1 is 1.14 bits per heavy atom. The molecule has 0 aromatic heterocycles. The molecule has 0 bridgehead atoms. The van der Waals surface area contributed by atoms with E-state index in [1.165, 1.54) is 0 Å². The molecule has 2 aromatic carbocycles. The predicted molar refractivity (Wildman–Crippen MR) is 81.2 cm³/mol. The molecule has 0 aliphatic carbocycles. The number of hydrogen-bond donors (Lipinski definition) is 3. The molecule has 4 N–H and O–H groups in total. The summed E-state index contributed by atoms with van der Waals surface area (Å²) in [7, 11) is 0. The molecule has 2 aromatic rings. The Bertz CT molecular complexity index is 654. The van der Waals surface area contributed by atoms with Gasteiger partial charge in [-0.3, -0.25) is 4.79 Å². The molecule has 0 heterocycles. The number of carbonyl (C=O) groups excluding carboxylic acids is 1. The summed E-state index contributed by atoms with van der Waals surface area (Å²) in [6, 6.07) is 15.7. The fourth-order valence-electron chi connectivity index (χ4n) is 2.07. The molecule has 108 valence electrons. The van der Waals surface area contributed by atoms with Crippen LogP contribution in [0.1, 0.15) is 27.5 Å². The van der Waals surface area contributed by atoms with E-state index in [1.807, 2.05) is 37.3 Å². The van der Waals surface area contributed by atoms with Crippen molar-refractivity contribution < 1.29 is 10.0 Å². The van der Waals surface area contributed by atoms with E-state index in [0.29, 0.717) is 5.56 Å². The second-order valence-corrected chi connectivity index (χ2v) is 4.66. The van der Waals surface area contributed by atoms with Crippen molar-refractivity contribution in [1.29, 1.82) is 0 Å². The Morgan fingerprint density at radius 2 is 1.76 bits per heavy atom. The molecule has 0 saturated heterocycles. The molecule has 0 spiro atoms. The van der Waals surface area contributed by atoms with Crippen molar-refractivity contribution >= 4 is 11.7 Å². The molecular weight excluding hydrogens is 266 g/mol. The molecular formula is C16H17N3O2. The lowest BCUT2D eigenvalue weighted by molar-refractivity contribution is 0.0945. The van der Waals surface area contributed by atoms with Crippen LogP contribution in [0.5, 0.6) is 0 Å². The lowest BCUT2D eigenvalue weighted by Crippen LogP contribution is -2.38. The number of aryl methyl sites for hydroxylation is 1. The van der Waals surface area contributed by atoms with Crippen molar-refractivity contribution in [3.05, 3.63) is 71.3 Å². The first-order valence-electron chi connectivity index (χ1n) is 6.52. The van der Waals surface area contributed by atoms with Gasteiger partial charge in [-0.2, -0.15) is 0 Å². The van der Waals surface area contributed by atoms with E-state index in [9.17, 15) is 4.79 Å². The Labute approximate surface area is 123 Å². The van der Waals surface area contributed by atoms with Crippen LogP contribution in [0.15, 0.2) is 59.8 Å². The first-order chi connectivity index (χ1) is 10.1. The largest absolute Gasteiger partial charge is 0.409 e. The number of nitrogens with one attached hydrogen (secondary N) is 1. The van der Waals surface area contributed by atoms with Crippen LogP contribution in [0.25, 0.3) is 0 Å². The number of nitrogens with two attached hydrogens (primary N) is 1. The second kappa shape index (κ2) is 6.56. The van der Waals surface area contributed by atoms with Crippen LogP contribution in [0, 0.1) is 6.92 Å². The molecule has 5 heteroatoms. The molecule has 0 aliphatic heterocycles. The molecule has 0 fully saturated rings. The quantitative estimate of drug-likeness (QED) is 0.348. The smallest absolute Gasteiger partial charge is 0.252 e. The molecule has 1 amide bonds. The van der Waals surface area contributed by atoms with E-state index in [1.54, 1.807) is 24.3 Å². The zero-order valence-corrected chi connectivity index (χ0v) is 11.7. The van der Waals surface area contributed by atoms with E-state index in [-0.39, 0.29) is 11.7 Å². The van der Waals surface area contributed by atoms with Gasteiger partial charge in [-0.15, -0.1) is 0 Å². The van der Waals surface area contributed by atoms with Gasteiger partial charge in [0.15, 0.2) is 5.84 Å². The van der Waals surface area contributed by atoms with E-state index >= 15 is 0 Å². The van der Waals surface area contributed by atoms with Crippen LogP contribution in [-0.4, -0.2) is 17.0 Å². The highest BCUT2D eigenvalue weighted by molar-refractivity contribution is 5.99. The summed E-state index contributed by atoms with van der Waals surface area (Å²) in [5.41, 5.74) is 7.87. The Morgan fingerprint density at radius 3 is 2.38 bits per heavy atom. The van der Waals surface area contributed by atoms with E-state index in [0.717, 1.165) is 11.1 Å². The number of oxime groups is 1. The molecule has 0 saturated carbocycles. The molecule has 0 radical (unpaired) electrons. The third kappa shape index (κ3) is 3.39. The first kappa shape index (κ1) is 14.6. The first-order valence-corrected chi connectivity index (χ1v) is 6.52. The minimum absolute atomic E-state index is 0.0665. The van der Waals surface area contributed by atoms with Crippen molar-refractivity contribution in [3.8, 4) is 0 Å². The summed E-state index contributed by atoms with van der Waals surface area (Å²) in [6.45, 7) is 1.86. The van der Waals surface area contributed by atoms with Gasteiger partial charge >= 0.3 is 0 Å². The standard InChI is InChI=1S/C16H17N3O2/c1-11-7-5-6-10-13(11)16(20)18-14(15(17)19-21)12-8-3-2-4-9-12/h2-10,14,21H,1H3,(H2,17,19)(H,18,20). The minimum Gasteiger partial charge on any atom is -0.409 e. The van der Waals surface area contributed by atoms with Gasteiger partial charge < -0.3 is 16.3 Å². The summed E-state index contributed by atoms with van der Waals surface area (Å²) in [6.07, 6.45) is 0. The van der Waals surface area contributed by atoms with E-state index in [2.05, 4.69) is 10.5 Å². The van der Waals surface area contributed by atoms with Gasteiger partial charge in [0.05, 0.1) is 0 Å². The van der Waals surface area contributed by atoms with Crippen LogP contribution in [-0.2, 0) is 0 Å².